The zero-order valence-electron chi connectivity index (χ0n) is 15.6. The van der Waals surface area contributed by atoms with Crippen LogP contribution >= 0.6 is 0 Å². The zero-order chi connectivity index (χ0) is 19.8. The normalized spacial score (nSPS) is 10.7. The molecular weight excluding hydrogens is 356 g/mol. The average Bonchev–Trinajstić information content (AvgIpc) is 2.73. The molecule has 0 atom stereocenters. The fourth-order valence-corrected chi connectivity index (χ4v) is 2.99. The van der Waals surface area contributed by atoms with Crippen molar-refractivity contribution < 1.29 is 23.8 Å². The minimum Gasteiger partial charge on any atom is -0.462 e. The third kappa shape index (κ3) is 4.75. The zero-order valence-corrected chi connectivity index (χ0v) is 15.6. The Morgan fingerprint density at radius 2 is 1.46 bits per heavy atom. The highest BCUT2D eigenvalue weighted by molar-refractivity contribution is 6.16. The van der Waals surface area contributed by atoms with E-state index in [0.29, 0.717) is 18.6 Å². The SMILES string of the molecule is C=CC(=O)OCCCOCCOC(=O)c1c2ccccc2cc2ccccc12. The van der Waals surface area contributed by atoms with Crippen LogP contribution in [-0.2, 0) is 19.0 Å². The lowest BCUT2D eigenvalue weighted by Gasteiger charge is -2.11. The maximum Gasteiger partial charge on any atom is 0.339 e. The number of hydrogen-bond donors (Lipinski definition) is 0. The molecule has 0 aliphatic heterocycles. The summed E-state index contributed by atoms with van der Waals surface area (Å²) < 4.78 is 15.7. The Balaban J connectivity index is 1.58. The molecule has 0 aliphatic rings. The highest BCUT2D eigenvalue weighted by Gasteiger charge is 2.16. The van der Waals surface area contributed by atoms with Gasteiger partial charge < -0.3 is 14.2 Å². The fourth-order valence-electron chi connectivity index (χ4n) is 2.99. The number of carbonyl (C=O) groups is 2. The third-order valence-corrected chi connectivity index (χ3v) is 4.28. The lowest BCUT2D eigenvalue weighted by atomic mass is 9.97. The van der Waals surface area contributed by atoms with E-state index in [1.807, 2.05) is 48.5 Å². The van der Waals surface area contributed by atoms with E-state index in [1.165, 1.54) is 0 Å². The van der Waals surface area contributed by atoms with Gasteiger partial charge in [0.2, 0.25) is 0 Å². The van der Waals surface area contributed by atoms with Gasteiger partial charge in [0.15, 0.2) is 0 Å². The molecule has 3 aromatic rings. The Morgan fingerprint density at radius 1 is 0.821 bits per heavy atom. The molecule has 0 N–H and O–H groups in total. The molecule has 0 saturated heterocycles. The van der Waals surface area contributed by atoms with Crippen LogP contribution in [0.1, 0.15) is 16.8 Å². The molecule has 144 valence electrons. The van der Waals surface area contributed by atoms with E-state index < -0.39 is 5.97 Å². The Kier molecular flexibility index (Phi) is 6.76. The minimum absolute atomic E-state index is 0.156. The van der Waals surface area contributed by atoms with E-state index in [2.05, 4.69) is 12.6 Å². The van der Waals surface area contributed by atoms with E-state index in [9.17, 15) is 9.59 Å². The molecule has 0 amide bonds. The van der Waals surface area contributed by atoms with Gasteiger partial charge in [-0.25, -0.2) is 9.59 Å². The number of rotatable bonds is 9. The Hall–Kier alpha value is -3.18. The van der Waals surface area contributed by atoms with Crippen molar-refractivity contribution in [1.29, 1.82) is 0 Å². The summed E-state index contributed by atoms with van der Waals surface area (Å²) in [4.78, 5) is 23.7. The first-order chi connectivity index (χ1) is 13.7. The summed E-state index contributed by atoms with van der Waals surface area (Å²) in [7, 11) is 0. The van der Waals surface area contributed by atoms with Gasteiger partial charge in [-0.3, -0.25) is 0 Å². The summed E-state index contributed by atoms with van der Waals surface area (Å²) in [6, 6.07) is 17.6. The molecule has 0 aromatic heterocycles. The van der Waals surface area contributed by atoms with Crippen molar-refractivity contribution in [3.05, 3.63) is 72.8 Å². The second-order valence-electron chi connectivity index (χ2n) is 6.17. The summed E-state index contributed by atoms with van der Waals surface area (Å²) >= 11 is 0. The number of carbonyl (C=O) groups excluding carboxylic acids is 2. The molecular formula is C23H22O5. The van der Waals surface area contributed by atoms with Crippen LogP contribution in [0.3, 0.4) is 0 Å². The van der Waals surface area contributed by atoms with Crippen molar-refractivity contribution in [3.63, 3.8) is 0 Å². The number of ether oxygens (including phenoxy) is 3. The van der Waals surface area contributed by atoms with E-state index in [4.69, 9.17) is 14.2 Å². The summed E-state index contributed by atoms with van der Waals surface area (Å²) in [6.45, 7) is 4.45. The van der Waals surface area contributed by atoms with Crippen molar-refractivity contribution in [2.45, 2.75) is 6.42 Å². The molecule has 0 bridgehead atoms. The van der Waals surface area contributed by atoms with Crippen LogP contribution in [0.2, 0.25) is 0 Å². The highest BCUT2D eigenvalue weighted by Crippen LogP contribution is 2.29. The number of fused-ring (bicyclic) bond motifs is 2. The Labute approximate surface area is 163 Å². The van der Waals surface area contributed by atoms with Gasteiger partial charge in [-0.1, -0.05) is 55.1 Å². The first-order valence-corrected chi connectivity index (χ1v) is 9.15. The number of benzene rings is 3. The largest absolute Gasteiger partial charge is 0.462 e. The van der Waals surface area contributed by atoms with Gasteiger partial charge in [-0.2, -0.15) is 0 Å². The van der Waals surface area contributed by atoms with Gasteiger partial charge >= 0.3 is 11.9 Å². The summed E-state index contributed by atoms with van der Waals surface area (Å²) in [5, 5.41) is 3.74. The van der Waals surface area contributed by atoms with Crippen molar-refractivity contribution in [1.82, 2.24) is 0 Å². The first-order valence-electron chi connectivity index (χ1n) is 9.15. The molecule has 3 aromatic carbocycles. The average molecular weight is 378 g/mol. The summed E-state index contributed by atoms with van der Waals surface area (Å²) in [5.41, 5.74) is 0.574. The number of esters is 2. The van der Waals surface area contributed by atoms with Gasteiger partial charge in [0.1, 0.15) is 6.61 Å². The molecule has 28 heavy (non-hydrogen) atoms. The maximum absolute atomic E-state index is 12.8. The predicted molar refractivity (Wildman–Crippen MR) is 108 cm³/mol. The van der Waals surface area contributed by atoms with E-state index in [-0.39, 0.29) is 25.8 Å². The van der Waals surface area contributed by atoms with Crippen LogP contribution in [-0.4, -0.2) is 38.4 Å². The smallest absolute Gasteiger partial charge is 0.339 e. The molecule has 5 heteroatoms. The van der Waals surface area contributed by atoms with Crippen molar-refractivity contribution in [2.24, 2.45) is 0 Å². The fraction of sp³-hybridized carbons (Fsp3) is 0.217. The minimum atomic E-state index is -0.448. The molecule has 5 nitrogen and oxygen atoms in total. The van der Waals surface area contributed by atoms with E-state index in [0.717, 1.165) is 27.6 Å². The second kappa shape index (κ2) is 9.67. The highest BCUT2D eigenvalue weighted by atomic mass is 16.6. The maximum atomic E-state index is 12.8. The van der Waals surface area contributed by atoms with Crippen molar-refractivity contribution in [2.75, 3.05) is 26.4 Å². The molecule has 0 spiro atoms. The van der Waals surface area contributed by atoms with Crippen LogP contribution < -0.4 is 0 Å². The summed E-state index contributed by atoms with van der Waals surface area (Å²) in [6.07, 6.45) is 1.69. The third-order valence-electron chi connectivity index (χ3n) is 4.28. The van der Waals surface area contributed by atoms with Crippen molar-refractivity contribution in [3.8, 4) is 0 Å². The Bertz CT molecular complexity index is 939. The lowest BCUT2D eigenvalue weighted by molar-refractivity contribution is -0.138. The second-order valence-corrected chi connectivity index (χ2v) is 6.17. The van der Waals surface area contributed by atoms with Gasteiger partial charge in [0, 0.05) is 19.1 Å². The quantitative estimate of drug-likeness (QED) is 0.241. The predicted octanol–water partition coefficient (Wildman–Crippen LogP) is 4.29. The van der Waals surface area contributed by atoms with E-state index >= 15 is 0 Å². The molecule has 0 unspecified atom stereocenters. The van der Waals surface area contributed by atoms with Crippen LogP contribution in [0.25, 0.3) is 21.5 Å². The molecule has 0 fully saturated rings. The van der Waals surface area contributed by atoms with E-state index in [1.54, 1.807) is 0 Å². The van der Waals surface area contributed by atoms with Gasteiger partial charge in [-0.15, -0.1) is 0 Å². The standard InChI is InChI=1S/C23H22O5/c1-2-21(24)27-13-7-12-26-14-15-28-23(25)22-19-10-5-3-8-17(19)16-18-9-4-6-11-20(18)22/h2-6,8-11,16H,1,7,12-15H2. The Morgan fingerprint density at radius 3 is 2.11 bits per heavy atom. The number of hydrogen-bond acceptors (Lipinski definition) is 5. The van der Waals surface area contributed by atoms with Crippen molar-refractivity contribution >= 4 is 33.5 Å². The monoisotopic (exact) mass is 378 g/mol. The molecule has 0 aliphatic carbocycles. The summed E-state index contributed by atoms with van der Waals surface area (Å²) in [5.74, 6) is -0.812. The topological polar surface area (TPSA) is 61.8 Å². The van der Waals surface area contributed by atoms with Crippen LogP contribution in [0.15, 0.2) is 67.3 Å². The van der Waals surface area contributed by atoms with Gasteiger partial charge in [-0.05, 0) is 27.6 Å². The molecule has 0 heterocycles. The van der Waals surface area contributed by atoms with Crippen LogP contribution in [0, 0.1) is 0 Å². The van der Waals surface area contributed by atoms with Gasteiger partial charge in [0.25, 0.3) is 0 Å². The lowest BCUT2D eigenvalue weighted by Crippen LogP contribution is -2.13. The molecule has 0 saturated carbocycles. The van der Waals surface area contributed by atoms with Crippen LogP contribution in [0.5, 0.6) is 0 Å². The first kappa shape index (κ1) is 19.6. The molecule has 3 rings (SSSR count). The molecule has 0 radical (unpaired) electrons. The van der Waals surface area contributed by atoms with Gasteiger partial charge in [0.05, 0.1) is 18.8 Å². The van der Waals surface area contributed by atoms with Crippen LogP contribution in [0.4, 0.5) is 0 Å².